The van der Waals surface area contributed by atoms with Crippen molar-refractivity contribution in [1.82, 2.24) is 9.80 Å². The molecule has 0 aromatic heterocycles. The van der Waals surface area contributed by atoms with Crippen LogP contribution in [0.15, 0.2) is 10.7 Å². The zero-order chi connectivity index (χ0) is 20.4. The van der Waals surface area contributed by atoms with Crippen molar-refractivity contribution >= 4 is 23.7 Å². The van der Waals surface area contributed by atoms with Gasteiger partial charge in [0.05, 0.1) is 12.2 Å². The third kappa shape index (κ3) is 5.75. The van der Waals surface area contributed by atoms with E-state index in [1.807, 2.05) is 18.7 Å². The van der Waals surface area contributed by atoms with E-state index in [1.54, 1.807) is 11.8 Å². The van der Waals surface area contributed by atoms with Crippen molar-refractivity contribution < 1.29 is 23.8 Å². The number of hydrogen-bond donors (Lipinski definition) is 0. The molecular weight excluding hydrogens is 372 g/mol. The van der Waals surface area contributed by atoms with Gasteiger partial charge in [0.15, 0.2) is 5.03 Å². The van der Waals surface area contributed by atoms with Crippen LogP contribution < -0.4 is 0 Å². The molecule has 0 bridgehead atoms. The SMILES string of the molecule is CCOC(=O)N1CCN(C2=C(Cl)C(=O)OC2OC(C)(C)CC(C)(C)C)CC1. The summed E-state index contributed by atoms with van der Waals surface area (Å²) < 4.78 is 16.6. The predicted octanol–water partition coefficient (Wildman–Crippen LogP) is 3.33. The maximum absolute atomic E-state index is 12.1. The maximum Gasteiger partial charge on any atom is 0.409 e. The van der Waals surface area contributed by atoms with Gasteiger partial charge in [0.25, 0.3) is 0 Å². The van der Waals surface area contributed by atoms with E-state index in [9.17, 15) is 9.59 Å². The number of carbonyl (C=O) groups excluding carboxylic acids is 2. The number of carbonyl (C=O) groups is 2. The number of ether oxygens (including phenoxy) is 3. The van der Waals surface area contributed by atoms with Crippen LogP contribution in [0.4, 0.5) is 4.79 Å². The first-order valence-corrected chi connectivity index (χ1v) is 9.76. The van der Waals surface area contributed by atoms with Crippen molar-refractivity contribution in [1.29, 1.82) is 0 Å². The van der Waals surface area contributed by atoms with Crippen molar-refractivity contribution in [2.45, 2.75) is 59.9 Å². The topological polar surface area (TPSA) is 68.3 Å². The summed E-state index contributed by atoms with van der Waals surface area (Å²) in [6.07, 6.45) is -0.373. The Bertz CT molecular complexity index is 604. The van der Waals surface area contributed by atoms with Crippen molar-refractivity contribution in [3.05, 3.63) is 10.7 Å². The van der Waals surface area contributed by atoms with Crippen LogP contribution >= 0.6 is 11.6 Å². The van der Waals surface area contributed by atoms with E-state index >= 15 is 0 Å². The summed E-state index contributed by atoms with van der Waals surface area (Å²) in [5.74, 6) is -0.573. The standard InChI is InChI=1S/C19H31ClN2O5/c1-7-25-17(24)22-10-8-21(9-11-22)14-13(20)15(23)26-16(14)27-19(5,6)12-18(2,3)4/h16H,7-12H2,1-6H3. The Labute approximate surface area is 166 Å². The number of cyclic esters (lactones) is 1. The Hall–Kier alpha value is -1.47. The smallest absolute Gasteiger partial charge is 0.409 e. The number of halogens is 1. The molecule has 2 aliphatic heterocycles. The molecule has 27 heavy (non-hydrogen) atoms. The summed E-state index contributed by atoms with van der Waals surface area (Å²) >= 11 is 6.25. The molecule has 0 aromatic carbocycles. The Morgan fingerprint density at radius 1 is 1.19 bits per heavy atom. The summed E-state index contributed by atoms with van der Waals surface area (Å²) in [5.41, 5.74) is 0.112. The summed E-state index contributed by atoms with van der Waals surface area (Å²) in [6.45, 7) is 14.5. The average Bonchev–Trinajstić information content (AvgIpc) is 2.79. The molecule has 0 aliphatic carbocycles. The summed E-state index contributed by atoms with van der Waals surface area (Å²) in [5, 5.41) is 0.0520. The van der Waals surface area contributed by atoms with Crippen LogP contribution in [0.1, 0.15) is 48.0 Å². The highest BCUT2D eigenvalue weighted by molar-refractivity contribution is 6.42. The van der Waals surface area contributed by atoms with Crippen LogP contribution in [0.5, 0.6) is 0 Å². The molecule has 2 rings (SSSR count). The zero-order valence-electron chi connectivity index (χ0n) is 17.1. The second-order valence-electron chi connectivity index (χ2n) is 8.72. The van der Waals surface area contributed by atoms with E-state index in [1.165, 1.54) is 0 Å². The van der Waals surface area contributed by atoms with Crippen LogP contribution in [-0.4, -0.2) is 66.5 Å². The van der Waals surface area contributed by atoms with Crippen molar-refractivity contribution in [2.75, 3.05) is 32.8 Å². The van der Waals surface area contributed by atoms with Gasteiger partial charge in [-0.05, 0) is 32.6 Å². The highest BCUT2D eigenvalue weighted by Gasteiger charge is 2.42. The van der Waals surface area contributed by atoms with Crippen LogP contribution in [0.3, 0.4) is 0 Å². The molecule has 0 spiro atoms. The van der Waals surface area contributed by atoms with Gasteiger partial charge in [0.2, 0.25) is 6.29 Å². The van der Waals surface area contributed by atoms with E-state index in [-0.39, 0.29) is 16.5 Å². The molecular formula is C19H31ClN2O5. The lowest BCUT2D eigenvalue weighted by molar-refractivity contribution is -0.192. The third-order valence-electron chi connectivity index (χ3n) is 4.37. The van der Waals surface area contributed by atoms with Gasteiger partial charge in [-0.15, -0.1) is 0 Å². The highest BCUT2D eigenvalue weighted by Crippen LogP contribution is 2.36. The lowest BCUT2D eigenvalue weighted by Gasteiger charge is -2.39. The van der Waals surface area contributed by atoms with Gasteiger partial charge in [-0.3, -0.25) is 0 Å². The number of rotatable bonds is 5. The van der Waals surface area contributed by atoms with E-state index in [0.717, 1.165) is 6.42 Å². The Kier molecular flexibility index (Phi) is 6.68. The molecule has 8 heteroatoms. The maximum atomic E-state index is 12.1. The third-order valence-corrected chi connectivity index (χ3v) is 4.72. The lowest BCUT2D eigenvalue weighted by Crippen LogP contribution is -2.50. The zero-order valence-corrected chi connectivity index (χ0v) is 17.9. The van der Waals surface area contributed by atoms with Crippen LogP contribution in [0.2, 0.25) is 0 Å². The monoisotopic (exact) mass is 402 g/mol. The van der Waals surface area contributed by atoms with Crippen molar-refractivity contribution in [2.24, 2.45) is 5.41 Å². The summed E-state index contributed by atoms with van der Waals surface area (Å²) in [7, 11) is 0. The second-order valence-corrected chi connectivity index (χ2v) is 9.10. The molecule has 1 amide bonds. The van der Waals surface area contributed by atoms with E-state index in [4.69, 9.17) is 25.8 Å². The second kappa shape index (κ2) is 8.27. The number of nitrogens with zero attached hydrogens (tertiary/aromatic N) is 2. The Balaban J connectivity index is 2.07. The first-order valence-electron chi connectivity index (χ1n) is 9.38. The lowest BCUT2D eigenvalue weighted by atomic mass is 9.83. The fourth-order valence-corrected chi connectivity index (χ4v) is 3.99. The largest absolute Gasteiger partial charge is 0.450 e. The molecule has 0 saturated carbocycles. The molecule has 0 radical (unpaired) electrons. The minimum atomic E-state index is -0.837. The quantitative estimate of drug-likeness (QED) is 0.657. The van der Waals surface area contributed by atoms with Gasteiger partial charge in [-0.2, -0.15) is 0 Å². The highest BCUT2D eigenvalue weighted by atomic mass is 35.5. The van der Waals surface area contributed by atoms with Crippen molar-refractivity contribution in [3.63, 3.8) is 0 Å². The number of hydrogen-bond acceptors (Lipinski definition) is 6. The molecule has 0 aromatic rings. The van der Waals surface area contributed by atoms with Gasteiger partial charge in [-0.25, -0.2) is 9.59 Å². The molecule has 2 heterocycles. The van der Waals surface area contributed by atoms with E-state index in [0.29, 0.717) is 38.5 Å². The minimum Gasteiger partial charge on any atom is -0.450 e. The van der Waals surface area contributed by atoms with E-state index in [2.05, 4.69) is 20.8 Å². The predicted molar refractivity (Wildman–Crippen MR) is 102 cm³/mol. The average molecular weight is 403 g/mol. The normalized spacial score (nSPS) is 21.6. The Morgan fingerprint density at radius 2 is 1.78 bits per heavy atom. The molecule has 1 atom stereocenters. The van der Waals surface area contributed by atoms with Crippen LogP contribution in [0, 0.1) is 5.41 Å². The molecule has 0 N–H and O–H groups in total. The van der Waals surface area contributed by atoms with E-state index < -0.39 is 17.9 Å². The fourth-order valence-electron chi connectivity index (χ4n) is 3.73. The van der Waals surface area contributed by atoms with Gasteiger partial charge in [0.1, 0.15) is 5.70 Å². The van der Waals surface area contributed by atoms with Crippen LogP contribution in [-0.2, 0) is 19.0 Å². The molecule has 1 unspecified atom stereocenters. The van der Waals surface area contributed by atoms with Gasteiger partial charge < -0.3 is 24.0 Å². The van der Waals surface area contributed by atoms with Gasteiger partial charge >= 0.3 is 12.1 Å². The Morgan fingerprint density at radius 3 is 2.30 bits per heavy atom. The molecule has 154 valence electrons. The summed E-state index contributed by atoms with van der Waals surface area (Å²) in [4.78, 5) is 27.5. The fraction of sp³-hybridized carbons (Fsp3) is 0.789. The summed E-state index contributed by atoms with van der Waals surface area (Å²) in [6, 6.07) is 0. The molecule has 1 saturated heterocycles. The first kappa shape index (κ1) is 21.8. The molecule has 2 aliphatic rings. The molecule has 7 nitrogen and oxygen atoms in total. The number of amides is 1. The number of esters is 1. The minimum absolute atomic E-state index is 0.0520. The van der Waals surface area contributed by atoms with Crippen LogP contribution in [0.25, 0.3) is 0 Å². The van der Waals surface area contributed by atoms with Crippen molar-refractivity contribution in [3.8, 4) is 0 Å². The van der Waals surface area contributed by atoms with Gasteiger partial charge in [-0.1, -0.05) is 32.4 Å². The number of piperazine rings is 1. The first-order chi connectivity index (χ1) is 12.4. The van der Waals surface area contributed by atoms with Gasteiger partial charge in [0, 0.05) is 26.2 Å². The molecule has 1 fully saturated rings.